The van der Waals surface area contributed by atoms with E-state index < -0.39 is 18.6 Å². The van der Waals surface area contributed by atoms with Gasteiger partial charge in [0.05, 0.1) is 30.7 Å². The van der Waals surface area contributed by atoms with Crippen molar-refractivity contribution >= 4 is 11.6 Å². The first-order valence-corrected chi connectivity index (χ1v) is 12.3. The molecule has 3 aliphatic rings. The number of amides is 1. The number of pyridine rings is 1. The molecule has 198 valence electrons. The van der Waals surface area contributed by atoms with Crippen LogP contribution in [0.2, 0.25) is 0 Å². The number of alkyl halides is 3. The van der Waals surface area contributed by atoms with E-state index in [1.165, 1.54) is 17.2 Å². The number of primary amides is 1. The molecule has 2 atom stereocenters. The molecule has 0 saturated carbocycles. The maximum Gasteiger partial charge on any atom is 0.406 e. The van der Waals surface area contributed by atoms with Crippen LogP contribution in [0.25, 0.3) is 0 Å². The van der Waals surface area contributed by atoms with Crippen LogP contribution in [0, 0.1) is 17.8 Å². The van der Waals surface area contributed by atoms with Crippen molar-refractivity contribution in [3.8, 4) is 11.8 Å². The van der Waals surface area contributed by atoms with Gasteiger partial charge >= 0.3 is 6.18 Å². The van der Waals surface area contributed by atoms with Gasteiger partial charge in [-0.25, -0.2) is 4.98 Å². The van der Waals surface area contributed by atoms with Gasteiger partial charge in [0.25, 0.3) is 5.91 Å². The Kier molecular flexibility index (Phi) is 8.53. The van der Waals surface area contributed by atoms with Crippen LogP contribution in [0.3, 0.4) is 0 Å². The monoisotopic (exact) mass is 516 g/mol. The molecule has 1 fully saturated rings. The number of carbonyl (C=O) groups excluding carboxylic acids is 1. The lowest BCUT2D eigenvalue weighted by molar-refractivity contribution is -0.137. The molecule has 0 spiro atoms. The first kappa shape index (κ1) is 26.7. The van der Waals surface area contributed by atoms with Gasteiger partial charge in [0.1, 0.15) is 12.2 Å². The highest BCUT2D eigenvalue weighted by atomic mass is 19.4. The number of allylic oxidation sites excluding steroid dienone is 3. The lowest BCUT2D eigenvalue weighted by atomic mass is 9.91. The second-order valence-corrected chi connectivity index (χ2v) is 9.24. The van der Waals surface area contributed by atoms with Gasteiger partial charge in [-0.3, -0.25) is 4.79 Å². The molecule has 1 aliphatic carbocycles. The minimum absolute atomic E-state index is 0.127. The third-order valence-electron chi connectivity index (χ3n) is 6.64. The van der Waals surface area contributed by atoms with Crippen molar-refractivity contribution in [1.82, 2.24) is 20.1 Å². The Hall–Kier alpha value is -3.33. The lowest BCUT2D eigenvalue weighted by Gasteiger charge is -2.36. The Labute approximate surface area is 214 Å². The second-order valence-electron chi connectivity index (χ2n) is 9.24. The topological polar surface area (TPSA) is 107 Å². The summed E-state index contributed by atoms with van der Waals surface area (Å²) in [6.45, 7) is 1.63. The lowest BCUT2D eigenvalue weighted by Crippen LogP contribution is -2.49. The number of piperidine rings is 1. The summed E-state index contributed by atoms with van der Waals surface area (Å²) in [6, 6.07) is 3.24. The number of nitrogens with two attached hydrogens (primary N) is 1. The molecule has 3 heterocycles. The highest BCUT2D eigenvalue weighted by Crippen LogP contribution is 2.38. The van der Waals surface area contributed by atoms with Crippen LogP contribution in [0.15, 0.2) is 54.0 Å². The summed E-state index contributed by atoms with van der Waals surface area (Å²) in [5.41, 5.74) is 6.84. The molecule has 2 aliphatic heterocycles. The molecule has 1 aromatic heterocycles. The molecule has 1 saturated heterocycles. The van der Waals surface area contributed by atoms with Crippen molar-refractivity contribution in [3.63, 3.8) is 0 Å². The van der Waals surface area contributed by atoms with E-state index >= 15 is 0 Å². The van der Waals surface area contributed by atoms with Crippen molar-refractivity contribution in [1.29, 1.82) is 0 Å². The Balaban J connectivity index is 1.43. The smallest absolute Gasteiger partial charge is 0.395 e. The number of hydrogen-bond acceptors (Lipinski definition) is 7. The Morgan fingerprint density at radius 1 is 1.27 bits per heavy atom. The molecule has 0 radical (unpaired) electrons. The van der Waals surface area contributed by atoms with Crippen molar-refractivity contribution < 1.29 is 23.1 Å². The molecule has 5 N–H and O–H groups in total. The van der Waals surface area contributed by atoms with E-state index in [0.29, 0.717) is 23.6 Å². The number of hydrogen-bond donors (Lipinski definition) is 4. The number of anilines is 1. The third kappa shape index (κ3) is 7.13. The summed E-state index contributed by atoms with van der Waals surface area (Å²) in [7, 11) is 0. The van der Waals surface area contributed by atoms with Crippen molar-refractivity contribution in [2.24, 2.45) is 11.7 Å². The van der Waals surface area contributed by atoms with Crippen LogP contribution in [0.5, 0.6) is 0 Å². The van der Waals surface area contributed by atoms with Crippen LogP contribution in [0.1, 0.15) is 23.3 Å². The molecule has 1 amide bonds. The van der Waals surface area contributed by atoms with E-state index in [1.807, 2.05) is 18.2 Å². The van der Waals surface area contributed by atoms with Crippen molar-refractivity contribution in [2.45, 2.75) is 31.1 Å². The maximum atomic E-state index is 13.5. The summed E-state index contributed by atoms with van der Waals surface area (Å²) >= 11 is 0. The van der Waals surface area contributed by atoms with Gasteiger partial charge in [-0.15, -0.1) is 0 Å². The molecule has 0 bridgehead atoms. The number of likely N-dealkylation sites (tertiary alicyclic amines) is 1. The summed E-state index contributed by atoms with van der Waals surface area (Å²) in [5, 5.41) is 15.8. The van der Waals surface area contributed by atoms with E-state index in [1.54, 1.807) is 12.1 Å². The van der Waals surface area contributed by atoms with Crippen LogP contribution in [-0.4, -0.2) is 83.4 Å². The molecular weight excluding hydrogens is 485 g/mol. The summed E-state index contributed by atoms with van der Waals surface area (Å²) in [4.78, 5) is 18.5. The number of aromatic nitrogens is 1. The highest BCUT2D eigenvalue weighted by molar-refractivity contribution is 5.90. The Morgan fingerprint density at radius 2 is 2.05 bits per heavy atom. The predicted molar refractivity (Wildman–Crippen MR) is 134 cm³/mol. The second kappa shape index (κ2) is 11.8. The number of halogens is 3. The Bertz CT molecular complexity index is 1110. The number of carbonyl (C=O) groups is 1. The van der Waals surface area contributed by atoms with Crippen molar-refractivity contribution in [2.75, 3.05) is 44.6 Å². The summed E-state index contributed by atoms with van der Waals surface area (Å²) in [5.74, 6) is 4.93. The van der Waals surface area contributed by atoms with Gasteiger partial charge in [0.2, 0.25) is 0 Å². The van der Waals surface area contributed by atoms with Gasteiger partial charge in [0.15, 0.2) is 0 Å². The van der Waals surface area contributed by atoms with E-state index in [-0.39, 0.29) is 36.8 Å². The van der Waals surface area contributed by atoms with Crippen LogP contribution < -0.4 is 16.4 Å². The molecule has 11 heteroatoms. The number of fused-ring (bicyclic) bond motifs is 1. The summed E-state index contributed by atoms with van der Waals surface area (Å²) in [6.07, 6.45) is 6.25. The quantitative estimate of drug-likeness (QED) is 0.391. The van der Waals surface area contributed by atoms with E-state index in [9.17, 15) is 18.0 Å². The average Bonchev–Trinajstić information content (AvgIpc) is 3.20. The number of nitrogens with one attached hydrogen (secondary N) is 2. The van der Waals surface area contributed by atoms with E-state index in [2.05, 4.69) is 32.4 Å². The van der Waals surface area contributed by atoms with Gasteiger partial charge < -0.3 is 31.3 Å². The molecule has 2 unspecified atom stereocenters. The number of nitrogens with zero attached hydrogens (tertiary/aromatic N) is 3. The average molecular weight is 517 g/mol. The predicted octanol–water partition coefficient (Wildman–Crippen LogP) is 1.84. The third-order valence-corrected chi connectivity index (χ3v) is 6.64. The zero-order chi connectivity index (χ0) is 26.4. The molecule has 37 heavy (non-hydrogen) atoms. The largest absolute Gasteiger partial charge is 0.406 e. The first-order chi connectivity index (χ1) is 17.7. The van der Waals surface area contributed by atoms with E-state index in [4.69, 9.17) is 10.8 Å². The maximum absolute atomic E-state index is 13.5. The number of aliphatic hydroxyl groups excluding tert-OH is 1. The minimum Gasteiger partial charge on any atom is -0.395 e. The fourth-order valence-electron chi connectivity index (χ4n) is 4.83. The fourth-order valence-corrected chi connectivity index (χ4v) is 4.83. The zero-order valence-electron chi connectivity index (χ0n) is 20.3. The Morgan fingerprint density at radius 3 is 2.70 bits per heavy atom. The number of rotatable bonds is 8. The van der Waals surface area contributed by atoms with Crippen LogP contribution in [-0.2, 0) is 0 Å². The van der Waals surface area contributed by atoms with Gasteiger partial charge in [-0.1, -0.05) is 18.1 Å². The fraction of sp³-hybridized carbons (Fsp3) is 0.462. The zero-order valence-corrected chi connectivity index (χ0v) is 20.3. The minimum atomic E-state index is -4.38. The SMILES string of the molecule is NC(=O)c1ccc(NCC#CC2=CC3C(=CC=CC3NC3CCN(CCO)CC3)N2CC(F)(F)F)cn1. The molecular formula is C26H31F3N6O2. The van der Waals surface area contributed by atoms with Gasteiger partial charge in [-0.05, 0) is 56.1 Å². The normalized spacial score (nSPS) is 22.1. The number of β-amino-alcohol motifs (C(OH)–C–C–N with tert-alkyl or cyclic N) is 1. The summed E-state index contributed by atoms with van der Waals surface area (Å²) < 4.78 is 40.4. The highest BCUT2D eigenvalue weighted by Gasteiger charge is 2.40. The molecule has 1 aromatic rings. The molecule has 4 rings (SSSR count). The molecule has 0 aromatic carbocycles. The standard InChI is InChI=1S/C26H31F3N6O2/c27-26(28,29)17-35-20(3-2-10-31-19-6-7-23(25(30)37)32-16-19)15-21-22(4-1-5-24(21)35)33-18-8-11-34(12-9-18)13-14-36/h1,4-7,15-16,18,21-22,31,33,36H,8-14,17H2,(H2,30,37). The number of aliphatic hydroxyl groups is 1. The van der Waals surface area contributed by atoms with Gasteiger partial charge in [-0.2, -0.15) is 13.2 Å². The van der Waals surface area contributed by atoms with Crippen molar-refractivity contribution in [3.05, 3.63) is 59.7 Å². The van der Waals surface area contributed by atoms with E-state index in [0.717, 1.165) is 25.9 Å². The van der Waals surface area contributed by atoms with Gasteiger partial charge in [0, 0.05) is 30.2 Å². The first-order valence-electron chi connectivity index (χ1n) is 12.3. The van der Waals surface area contributed by atoms with Crippen LogP contribution >= 0.6 is 0 Å². The molecule has 8 nitrogen and oxygen atoms in total. The van der Waals surface area contributed by atoms with Crippen LogP contribution in [0.4, 0.5) is 18.9 Å².